The summed E-state index contributed by atoms with van der Waals surface area (Å²) in [7, 11) is 1.38. The number of hydrogen-bond acceptors (Lipinski definition) is 8. The summed E-state index contributed by atoms with van der Waals surface area (Å²) in [5.41, 5.74) is 6.35. The molecule has 1 aliphatic heterocycles. The van der Waals surface area contributed by atoms with Crippen molar-refractivity contribution in [3.8, 4) is 0 Å². The Labute approximate surface area is 218 Å². The number of halogens is 4. The van der Waals surface area contributed by atoms with Crippen LogP contribution < -0.4 is 11.1 Å². The van der Waals surface area contributed by atoms with Gasteiger partial charge in [0.2, 0.25) is 5.92 Å². The van der Waals surface area contributed by atoms with Gasteiger partial charge in [-0.25, -0.2) is 36.5 Å². The molecule has 0 bridgehead atoms. The second-order valence-corrected chi connectivity index (χ2v) is 9.90. The van der Waals surface area contributed by atoms with Gasteiger partial charge < -0.3 is 20.7 Å². The molecule has 1 saturated carbocycles. The second kappa shape index (κ2) is 10.1. The number of nitrogens with zero attached hydrogens (tertiary/aromatic N) is 6. The van der Waals surface area contributed by atoms with Crippen LogP contribution in [-0.4, -0.2) is 80.4 Å². The molecular weight excluding hydrogens is 528 g/mol. The van der Waals surface area contributed by atoms with Crippen LogP contribution in [0.1, 0.15) is 65.1 Å². The summed E-state index contributed by atoms with van der Waals surface area (Å²) in [6.07, 6.45) is 2.53. The molecule has 39 heavy (non-hydrogen) atoms. The van der Waals surface area contributed by atoms with Crippen molar-refractivity contribution in [1.29, 1.82) is 0 Å². The van der Waals surface area contributed by atoms with E-state index in [1.165, 1.54) is 17.8 Å². The molecule has 3 aromatic heterocycles. The Bertz CT molecular complexity index is 1370. The first-order valence-corrected chi connectivity index (χ1v) is 12.2. The maximum Gasteiger partial charge on any atom is 0.318 e. The summed E-state index contributed by atoms with van der Waals surface area (Å²) in [4.78, 5) is 30.0. The van der Waals surface area contributed by atoms with E-state index in [2.05, 4.69) is 25.7 Å². The Morgan fingerprint density at radius 1 is 1.26 bits per heavy atom. The Balaban J connectivity index is 1.53. The number of aromatic nitrogens is 5. The lowest BCUT2D eigenvalue weighted by Crippen LogP contribution is -2.58. The number of carbonyl (C=O) groups excluding carboxylic acids is 2. The summed E-state index contributed by atoms with van der Waals surface area (Å²) in [6.45, 7) is -1.65. The smallest absolute Gasteiger partial charge is 0.318 e. The first kappa shape index (κ1) is 26.8. The van der Waals surface area contributed by atoms with Gasteiger partial charge in [0.25, 0.3) is 11.8 Å². The molecular formula is C23H26F4N8O4. The van der Waals surface area contributed by atoms with Crippen LogP contribution in [0.2, 0.25) is 0 Å². The van der Waals surface area contributed by atoms with Crippen molar-refractivity contribution in [3.05, 3.63) is 41.1 Å². The molecule has 3 aromatic rings. The fraction of sp³-hybridized carbons (Fsp3) is 0.565. The maximum absolute atomic E-state index is 14.1. The number of ether oxygens (including phenoxy) is 1. The van der Waals surface area contributed by atoms with E-state index >= 15 is 0 Å². The number of amides is 3. The third-order valence-corrected chi connectivity index (χ3v) is 7.20. The van der Waals surface area contributed by atoms with E-state index in [0.29, 0.717) is 11.3 Å². The van der Waals surface area contributed by atoms with Crippen molar-refractivity contribution in [1.82, 2.24) is 35.1 Å². The zero-order valence-electron chi connectivity index (χ0n) is 20.8. The molecule has 12 nitrogen and oxygen atoms in total. The number of primary amides is 1. The lowest BCUT2D eigenvalue weighted by molar-refractivity contribution is -0.0510. The quantitative estimate of drug-likeness (QED) is 0.403. The lowest BCUT2D eigenvalue weighted by atomic mass is 9.75. The molecule has 1 saturated heterocycles. The summed E-state index contributed by atoms with van der Waals surface area (Å²) >= 11 is 0. The predicted octanol–water partition coefficient (Wildman–Crippen LogP) is 2.52. The summed E-state index contributed by atoms with van der Waals surface area (Å²) in [6, 6.07) is 0.0115. The minimum Gasteiger partial charge on any atom is -0.382 e. The highest BCUT2D eigenvalue weighted by molar-refractivity contribution is 5.91. The predicted molar refractivity (Wildman–Crippen MR) is 124 cm³/mol. The van der Waals surface area contributed by atoms with Gasteiger partial charge in [-0.15, -0.1) is 0 Å². The fourth-order valence-corrected chi connectivity index (χ4v) is 5.27. The number of nitrogens with two attached hydrogens (primary N) is 1. The first-order chi connectivity index (χ1) is 18.5. The normalized spacial score (nSPS) is 21.1. The Hall–Kier alpha value is -3.82. The SMILES string of the molecule is COC[C@H](c1cnn2cc([C@@H](c3nonc3C(N)=O)C3CCC(F)(F)CC3)nc2c1)N1CC(F)(F)CNC1=O. The van der Waals surface area contributed by atoms with Gasteiger partial charge >= 0.3 is 6.03 Å². The van der Waals surface area contributed by atoms with Gasteiger partial charge in [0, 0.05) is 25.5 Å². The number of urea groups is 1. The molecule has 3 amide bonds. The van der Waals surface area contributed by atoms with Crippen molar-refractivity contribution < 1.29 is 36.5 Å². The molecule has 1 aliphatic carbocycles. The third-order valence-electron chi connectivity index (χ3n) is 7.20. The summed E-state index contributed by atoms with van der Waals surface area (Å²) in [5, 5.41) is 14.0. The van der Waals surface area contributed by atoms with Crippen molar-refractivity contribution >= 4 is 17.6 Å². The van der Waals surface area contributed by atoms with E-state index in [-0.39, 0.29) is 55.2 Å². The number of rotatable bonds is 8. The molecule has 4 heterocycles. The van der Waals surface area contributed by atoms with E-state index in [4.69, 9.17) is 15.1 Å². The van der Waals surface area contributed by atoms with Gasteiger partial charge in [0.1, 0.15) is 5.69 Å². The lowest BCUT2D eigenvalue weighted by Gasteiger charge is -2.38. The molecule has 0 spiro atoms. The number of nitrogens with one attached hydrogen (secondary N) is 1. The highest BCUT2D eigenvalue weighted by Gasteiger charge is 2.43. The molecule has 0 unspecified atom stereocenters. The zero-order valence-corrected chi connectivity index (χ0v) is 20.8. The Morgan fingerprint density at radius 2 is 2.00 bits per heavy atom. The maximum atomic E-state index is 14.1. The van der Waals surface area contributed by atoms with Crippen LogP contribution in [0.4, 0.5) is 22.4 Å². The van der Waals surface area contributed by atoms with Gasteiger partial charge in [-0.3, -0.25) is 4.79 Å². The van der Waals surface area contributed by atoms with E-state index in [1.807, 2.05) is 0 Å². The third kappa shape index (κ3) is 5.37. The van der Waals surface area contributed by atoms with Crippen molar-refractivity contribution in [2.24, 2.45) is 11.7 Å². The van der Waals surface area contributed by atoms with Crippen LogP contribution in [0.25, 0.3) is 5.65 Å². The summed E-state index contributed by atoms with van der Waals surface area (Å²) in [5.74, 6) is -7.94. The highest BCUT2D eigenvalue weighted by Crippen LogP contribution is 2.45. The van der Waals surface area contributed by atoms with Crippen molar-refractivity contribution in [2.75, 3.05) is 26.8 Å². The van der Waals surface area contributed by atoms with Crippen LogP contribution >= 0.6 is 0 Å². The molecule has 2 atom stereocenters. The number of hydrogen-bond donors (Lipinski definition) is 2. The van der Waals surface area contributed by atoms with E-state index in [1.54, 1.807) is 12.3 Å². The average molecular weight is 555 g/mol. The Kier molecular flexibility index (Phi) is 6.90. The van der Waals surface area contributed by atoms with Crippen LogP contribution in [-0.2, 0) is 4.74 Å². The minimum absolute atomic E-state index is 0.0829. The second-order valence-electron chi connectivity index (χ2n) is 9.90. The monoisotopic (exact) mass is 554 g/mol. The number of alkyl halides is 4. The van der Waals surface area contributed by atoms with Gasteiger partial charge in [0.05, 0.1) is 49.7 Å². The first-order valence-electron chi connectivity index (χ1n) is 12.2. The topological polar surface area (TPSA) is 154 Å². The van der Waals surface area contributed by atoms with Gasteiger partial charge in [-0.2, -0.15) is 5.10 Å². The summed E-state index contributed by atoms with van der Waals surface area (Å²) < 4.78 is 67.5. The Morgan fingerprint density at radius 3 is 2.69 bits per heavy atom. The number of methoxy groups -OCH3 is 1. The number of imidazole rings is 1. The molecule has 2 aliphatic rings. The van der Waals surface area contributed by atoms with Gasteiger partial charge in [-0.05, 0) is 30.0 Å². The van der Waals surface area contributed by atoms with Crippen LogP contribution in [0.5, 0.6) is 0 Å². The molecule has 210 valence electrons. The molecule has 16 heteroatoms. The zero-order chi connectivity index (χ0) is 27.9. The molecule has 0 aromatic carbocycles. The molecule has 5 rings (SSSR count). The van der Waals surface area contributed by atoms with Crippen LogP contribution in [0, 0.1) is 5.92 Å². The minimum atomic E-state index is -3.13. The number of fused-ring (bicyclic) bond motifs is 1. The van der Waals surface area contributed by atoms with Gasteiger partial charge in [-0.1, -0.05) is 5.16 Å². The van der Waals surface area contributed by atoms with Crippen LogP contribution in [0.3, 0.4) is 0 Å². The van der Waals surface area contributed by atoms with Gasteiger partial charge in [0.15, 0.2) is 11.3 Å². The highest BCUT2D eigenvalue weighted by atomic mass is 19.3. The standard InChI is InChI=1S/C23H26F4N8O4/c1-38-9-15(34-11-23(26,27)10-29-21(34)37)13-6-16-31-14(8-35(16)30-7-13)17(12-2-4-22(24,25)5-3-12)18-19(20(28)36)33-39-32-18/h6-8,12,15,17H,2-5,9-11H2,1H3,(H2,28,36)(H,29,37)/t15-,17+/m1/s1. The fourth-order valence-electron chi connectivity index (χ4n) is 5.27. The van der Waals surface area contributed by atoms with E-state index in [0.717, 1.165) is 4.90 Å². The molecule has 3 N–H and O–H groups in total. The molecule has 0 radical (unpaired) electrons. The average Bonchev–Trinajstić information content (AvgIpc) is 3.52. The van der Waals surface area contributed by atoms with E-state index < -0.39 is 48.8 Å². The molecule has 2 fully saturated rings. The van der Waals surface area contributed by atoms with E-state index in [9.17, 15) is 27.2 Å². The number of carbonyl (C=O) groups is 2. The van der Waals surface area contributed by atoms with Crippen LogP contribution in [0.15, 0.2) is 23.1 Å². The van der Waals surface area contributed by atoms with Crippen molar-refractivity contribution in [2.45, 2.75) is 49.5 Å². The van der Waals surface area contributed by atoms with Crippen molar-refractivity contribution in [3.63, 3.8) is 0 Å². The largest absolute Gasteiger partial charge is 0.382 e.